The van der Waals surface area contributed by atoms with Crippen molar-refractivity contribution in [3.8, 4) is 23.0 Å². The minimum Gasteiger partial charge on any atom is -0.504 e. The van der Waals surface area contributed by atoms with Gasteiger partial charge in [0.25, 0.3) is 0 Å². The fourth-order valence-electron chi connectivity index (χ4n) is 2.74. The lowest BCUT2D eigenvalue weighted by Crippen LogP contribution is -1.97. The smallest absolute Gasteiger partial charge is 0.161 e. The third-order valence-corrected chi connectivity index (χ3v) is 3.97. The normalized spacial score (nSPS) is 10.6. The Labute approximate surface area is 140 Å². The second-order valence-corrected chi connectivity index (χ2v) is 5.37. The summed E-state index contributed by atoms with van der Waals surface area (Å²) in [5.74, 6) is 1.93. The van der Waals surface area contributed by atoms with Crippen molar-refractivity contribution in [3.05, 3.63) is 53.9 Å². The van der Waals surface area contributed by atoms with Crippen molar-refractivity contribution in [2.24, 2.45) is 0 Å². The van der Waals surface area contributed by atoms with Crippen molar-refractivity contribution >= 4 is 10.8 Å². The van der Waals surface area contributed by atoms with Gasteiger partial charge in [0.1, 0.15) is 0 Å². The molecule has 3 rings (SSSR count). The van der Waals surface area contributed by atoms with Gasteiger partial charge >= 0.3 is 0 Å². The Kier molecular flexibility index (Phi) is 4.42. The van der Waals surface area contributed by atoms with E-state index in [0.29, 0.717) is 23.7 Å². The van der Waals surface area contributed by atoms with Crippen molar-refractivity contribution in [1.82, 2.24) is 4.98 Å². The summed E-state index contributed by atoms with van der Waals surface area (Å²) in [6.45, 7) is 0. The Morgan fingerprint density at radius 3 is 2.33 bits per heavy atom. The zero-order valence-electron chi connectivity index (χ0n) is 13.9. The second-order valence-electron chi connectivity index (χ2n) is 5.37. The Balaban J connectivity index is 2.04. The van der Waals surface area contributed by atoms with Crippen LogP contribution in [0, 0.1) is 0 Å². The first-order chi connectivity index (χ1) is 11.7. The van der Waals surface area contributed by atoms with Crippen LogP contribution in [-0.4, -0.2) is 31.4 Å². The monoisotopic (exact) mass is 325 g/mol. The molecule has 0 radical (unpaired) electrons. The molecule has 2 aromatic carbocycles. The average molecular weight is 325 g/mol. The van der Waals surface area contributed by atoms with E-state index >= 15 is 0 Å². The highest BCUT2D eigenvalue weighted by molar-refractivity contribution is 5.88. The number of nitrogens with zero attached hydrogens (tertiary/aromatic N) is 1. The van der Waals surface area contributed by atoms with Crippen LogP contribution in [0.15, 0.2) is 42.6 Å². The average Bonchev–Trinajstić information content (AvgIpc) is 2.61. The molecule has 0 saturated carbocycles. The molecule has 0 amide bonds. The van der Waals surface area contributed by atoms with Crippen molar-refractivity contribution in [3.63, 3.8) is 0 Å². The highest BCUT2D eigenvalue weighted by Crippen LogP contribution is 2.33. The van der Waals surface area contributed by atoms with Gasteiger partial charge in [-0.3, -0.25) is 4.98 Å². The van der Waals surface area contributed by atoms with Crippen LogP contribution in [0.4, 0.5) is 0 Å². The fraction of sp³-hybridized carbons (Fsp3) is 0.211. The Hall–Kier alpha value is -2.95. The van der Waals surface area contributed by atoms with Gasteiger partial charge in [-0.25, -0.2) is 0 Å². The van der Waals surface area contributed by atoms with E-state index in [1.165, 1.54) is 7.11 Å². The summed E-state index contributed by atoms with van der Waals surface area (Å²) in [6.07, 6.45) is 2.37. The van der Waals surface area contributed by atoms with Gasteiger partial charge in [0.2, 0.25) is 0 Å². The van der Waals surface area contributed by atoms with E-state index in [9.17, 15) is 5.11 Å². The molecular weight excluding hydrogens is 306 g/mol. The van der Waals surface area contributed by atoms with E-state index in [1.54, 1.807) is 26.5 Å². The number of rotatable bonds is 5. The Morgan fingerprint density at radius 1 is 0.875 bits per heavy atom. The topological polar surface area (TPSA) is 60.8 Å². The summed E-state index contributed by atoms with van der Waals surface area (Å²) in [7, 11) is 4.76. The SMILES string of the molecule is COc1cc2c(Cc3ccc(OC)c(OC)c3)nccc2cc1O. The van der Waals surface area contributed by atoms with Gasteiger partial charge in [0.15, 0.2) is 23.0 Å². The van der Waals surface area contributed by atoms with Gasteiger partial charge < -0.3 is 19.3 Å². The number of ether oxygens (including phenoxy) is 3. The second kappa shape index (κ2) is 6.66. The number of hydrogen-bond acceptors (Lipinski definition) is 5. The first-order valence-corrected chi connectivity index (χ1v) is 7.51. The molecule has 0 atom stereocenters. The number of hydrogen-bond donors (Lipinski definition) is 1. The molecule has 1 aromatic heterocycles. The number of phenolic OH excluding ortho intramolecular Hbond substituents is 1. The van der Waals surface area contributed by atoms with Gasteiger partial charge in [-0.15, -0.1) is 0 Å². The number of pyridine rings is 1. The predicted molar refractivity (Wildman–Crippen MR) is 92.3 cm³/mol. The summed E-state index contributed by atoms with van der Waals surface area (Å²) >= 11 is 0. The van der Waals surface area contributed by atoms with Crippen LogP contribution in [-0.2, 0) is 6.42 Å². The fourth-order valence-corrected chi connectivity index (χ4v) is 2.74. The summed E-state index contributed by atoms with van der Waals surface area (Å²) < 4.78 is 15.8. The summed E-state index contributed by atoms with van der Waals surface area (Å²) in [6, 6.07) is 11.2. The number of methoxy groups -OCH3 is 3. The van der Waals surface area contributed by atoms with Crippen molar-refractivity contribution in [1.29, 1.82) is 0 Å². The molecular formula is C19H19NO4. The molecule has 0 spiro atoms. The number of benzene rings is 2. The van der Waals surface area contributed by atoms with Crippen LogP contribution >= 0.6 is 0 Å². The van der Waals surface area contributed by atoms with Crippen LogP contribution in [0.3, 0.4) is 0 Å². The van der Waals surface area contributed by atoms with E-state index in [2.05, 4.69) is 4.98 Å². The van der Waals surface area contributed by atoms with Crippen LogP contribution in [0.2, 0.25) is 0 Å². The maximum absolute atomic E-state index is 9.94. The molecule has 0 saturated heterocycles. The molecule has 24 heavy (non-hydrogen) atoms. The van der Waals surface area contributed by atoms with Gasteiger partial charge in [-0.2, -0.15) is 0 Å². The molecule has 0 aliphatic rings. The van der Waals surface area contributed by atoms with Gasteiger partial charge in [-0.1, -0.05) is 6.07 Å². The Bertz CT molecular complexity index is 877. The number of phenols is 1. The molecule has 1 heterocycles. The van der Waals surface area contributed by atoms with Crippen molar-refractivity contribution < 1.29 is 19.3 Å². The molecule has 0 fully saturated rings. The minimum atomic E-state index is 0.119. The standard InChI is InChI=1S/C19H19NO4/c1-22-17-5-4-12(9-19(17)24-3)8-15-14-11-18(23-2)16(21)10-13(14)6-7-20-15/h4-7,9-11,21H,8H2,1-3H3. The highest BCUT2D eigenvalue weighted by atomic mass is 16.5. The molecule has 124 valence electrons. The predicted octanol–water partition coefficient (Wildman–Crippen LogP) is 3.56. The molecule has 3 aromatic rings. The quantitative estimate of drug-likeness (QED) is 0.777. The molecule has 5 nitrogen and oxygen atoms in total. The molecule has 0 bridgehead atoms. The molecule has 0 aliphatic carbocycles. The van der Waals surface area contributed by atoms with E-state index < -0.39 is 0 Å². The number of aromatic hydroxyl groups is 1. The lowest BCUT2D eigenvalue weighted by atomic mass is 10.0. The maximum Gasteiger partial charge on any atom is 0.161 e. The first-order valence-electron chi connectivity index (χ1n) is 7.51. The zero-order valence-corrected chi connectivity index (χ0v) is 13.9. The molecule has 1 N–H and O–H groups in total. The lowest BCUT2D eigenvalue weighted by molar-refractivity contribution is 0.354. The Morgan fingerprint density at radius 2 is 1.62 bits per heavy atom. The summed E-state index contributed by atoms with van der Waals surface area (Å²) in [5.41, 5.74) is 1.96. The summed E-state index contributed by atoms with van der Waals surface area (Å²) in [5, 5.41) is 11.8. The van der Waals surface area contributed by atoms with Crippen LogP contribution < -0.4 is 14.2 Å². The van der Waals surface area contributed by atoms with Gasteiger partial charge in [-0.05, 0) is 41.3 Å². The zero-order chi connectivity index (χ0) is 17.1. The number of fused-ring (bicyclic) bond motifs is 1. The third kappa shape index (κ3) is 2.93. The van der Waals surface area contributed by atoms with E-state index in [-0.39, 0.29) is 5.75 Å². The van der Waals surface area contributed by atoms with Crippen LogP contribution in [0.25, 0.3) is 10.8 Å². The molecule has 0 aliphatic heterocycles. The van der Waals surface area contributed by atoms with E-state index in [4.69, 9.17) is 14.2 Å². The van der Waals surface area contributed by atoms with Crippen molar-refractivity contribution in [2.75, 3.05) is 21.3 Å². The maximum atomic E-state index is 9.94. The van der Waals surface area contributed by atoms with Crippen LogP contribution in [0.5, 0.6) is 23.0 Å². The van der Waals surface area contributed by atoms with Crippen LogP contribution in [0.1, 0.15) is 11.3 Å². The third-order valence-electron chi connectivity index (χ3n) is 3.97. The highest BCUT2D eigenvalue weighted by Gasteiger charge is 2.11. The summed E-state index contributed by atoms with van der Waals surface area (Å²) in [4.78, 5) is 4.50. The first kappa shape index (κ1) is 15.9. The van der Waals surface area contributed by atoms with Crippen molar-refractivity contribution in [2.45, 2.75) is 6.42 Å². The van der Waals surface area contributed by atoms with Gasteiger partial charge in [0, 0.05) is 18.0 Å². The number of aromatic nitrogens is 1. The van der Waals surface area contributed by atoms with E-state index in [1.807, 2.05) is 30.3 Å². The molecule has 5 heteroatoms. The minimum absolute atomic E-state index is 0.119. The van der Waals surface area contributed by atoms with E-state index in [0.717, 1.165) is 22.0 Å². The largest absolute Gasteiger partial charge is 0.504 e. The lowest BCUT2D eigenvalue weighted by Gasteiger charge is -2.11. The molecule has 0 unspecified atom stereocenters. The van der Waals surface area contributed by atoms with Gasteiger partial charge in [0.05, 0.1) is 27.0 Å².